The molecular weight excluding hydrogens is 452 g/mol. The van der Waals surface area contributed by atoms with Crippen LogP contribution in [0.15, 0.2) is 36.7 Å². The van der Waals surface area contributed by atoms with Gasteiger partial charge in [0, 0.05) is 30.4 Å². The molecule has 1 saturated heterocycles. The number of hydrogen-bond acceptors (Lipinski definition) is 7. The first kappa shape index (κ1) is 23.4. The number of aromatic nitrogens is 3. The summed E-state index contributed by atoms with van der Waals surface area (Å²) in [5.41, 5.74) is 2.74. The Labute approximate surface area is 203 Å². The Balaban J connectivity index is 1.39. The van der Waals surface area contributed by atoms with Gasteiger partial charge in [-0.3, -0.25) is 4.98 Å². The molecule has 1 fully saturated rings. The number of benzene rings is 1. The summed E-state index contributed by atoms with van der Waals surface area (Å²) in [6.07, 6.45) is 4.51. The highest BCUT2D eigenvalue weighted by molar-refractivity contribution is 5.72. The lowest BCUT2D eigenvalue weighted by Gasteiger charge is -2.34. The number of nitrogens with zero attached hydrogens (tertiary/aromatic N) is 5. The predicted molar refractivity (Wildman–Crippen MR) is 130 cm³/mol. The summed E-state index contributed by atoms with van der Waals surface area (Å²) in [7, 11) is 0. The van der Waals surface area contributed by atoms with Crippen LogP contribution in [-0.2, 0) is 6.42 Å². The van der Waals surface area contributed by atoms with Gasteiger partial charge in [0.1, 0.15) is 18.1 Å². The first-order valence-electron chi connectivity index (χ1n) is 12.0. The predicted octanol–water partition coefficient (Wildman–Crippen LogP) is 3.98. The van der Waals surface area contributed by atoms with Crippen molar-refractivity contribution in [1.29, 1.82) is 0 Å². The van der Waals surface area contributed by atoms with Crippen LogP contribution in [0.1, 0.15) is 38.2 Å². The van der Waals surface area contributed by atoms with Gasteiger partial charge >= 0.3 is 0 Å². The third-order valence-electron chi connectivity index (χ3n) is 6.58. The number of halogens is 2. The zero-order chi connectivity index (χ0) is 24.5. The van der Waals surface area contributed by atoms with E-state index in [2.05, 4.69) is 19.9 Å². The molecule has 0 saturated carbocycles. The van der Waals surface area contributed by atoms with Gasteiger partial charge in [-0.05, 0) is 51.0 Å². The fraction of sp³-hybridized carbons (Fsp3) is 0.423. The number of ether oxygens (including phenoxy) is 1. The highest BCUT2D eigenvalue weighted by Gasteiger charge is 2.26. The fourth-order valence-electron chi connectivity index (χ4n) is 4.66. The molecule has 1 aromatic carbocycles. The van der Waals surface area contributed by atoms with Crippen LogP contribution in [0.3, 0.4) is 0 Å². The minimum Gasteiger partial charge on any atom is -0.486 e. The van der Waals surface area contributed by atoms with Crippen LogP contribution in [0.5, 0.6) is 5.75 Å². The molecule has 4 heterocycles. The van der Waals surface area contributed by atoms with Gasteiger partial charge in [0.25, 0.3) is 0 Å². The van der Waals surface area contributed by atoms with Gasteiger partial charge in [-0.2, -0.15) is 0 Å². The molecule has 1 N–H and O–H groups in total. The summed E-state index contributed by atoms with van der Waals surface area (Å²) in [5.74, 6) is -0.560. The van der Waals surface area contributed by atoms with Crippen molar-refractivity contribution in [3.63, 3.8) is 0 Å². The molecule has 9 heteroatoms. The molecule has 0 atom stereocenters. The van der Waals surface area contributed by atoms with Crippen LogP contribution in [0.4, 0.5) is 20.2 Å². The number of anilines is 2. The zero-order valence-corrected chi connectivity index (χ0v) is 19.9. The van der Waals surface area contributed by atoms with E-state index in [4.69, 9.17) is 4.74 Å². The quantitative estimate of drug-likeness (QED) is 0.591. The van der Waals surface area contributed by atoms with Gasteiger partial charge in [-0.25, -0.2) is 18.7 Å². The number of hydrogen-bond donors (Lipinski definition) is 1. The van der Waals surface area contributed by atoms with Crippen LogP contribution in [0.25, 0.3) is 11.3 Å². The van der Waals surface area contributed by atoms with Crippen molar-refractivity contribution < 1.29 is 18.6 Å². The summed E-state index contributed by atoms with van der Waals surface area (Å²) in [6.45, 7) is 6.67. The van der Waals surface area contributed by atoms with Crippen LogP contribution < -0.4 is 14.5 Å². The van der Waals surface area contributed by atoms with Crippen LogP contribution >= 0.6 is 0 Å². The fourth-order valence-corrected chi connectivity index (χ4v) is 4.66. The summed E-state index contributed by atoms with van der Waals surface area (Å²) in [5, 5.41) is 9.70. The molecule has 2 aliphatic heterocycles. The lowest BCUT2D eigenvalue weighted by atomic mass is 10.1. The molecule has 2 aliphatic rings. The molecular formula is C26H29F2N5O2. The Morgan fingerprint density at radius 1 is 1.06 bits per heavy atom. The summed E-state index contributed by atoms with van der Waals surface area (Å²) >= 11 is 0. The van der Waals surface area contributed by atoms with Gasteiger partial charge in [-0.1, -0.05) is 0 Å². The maximum atomic E-state index is 14.9. The number of rotatable bonds is 5. The molecule has 3 aromatic rings. The van der Waals surface area contributed by atoms with Crippen LogP contribution in [0, 0.1) is 11.6 Å². The van der Waals surface area contributed by atoms with E-state index in [1.165, 1.54) is 6.07 Å². The number of aliphatic hydroxyl groups excluding tert-OH is 1. The van der Waals surface area contributed by atoms with Gasteiger partial charge in [0.15, 0.2) is 17.4 Å². The Morgan fingerprint density at radius 3 is 2.57 bits per heavy atom. The van der Waals surface area contributed by atoms with E-state index in [-0.39, 0.29) is 23.6 Å². The molecule has 2 aromatic heterocycles. The van der Waals surface area contributed by atoms with Crippen molar-refractivity contribution in [1.82, 2.24) is 15.0 Å². The molecule has 35 heavy (non-hydrogen) atoms. The second kappa shape index (κ2) is 9.73. The molecule has 0 bridgehead atoms. The van der Waals surface area contributed by atoms with Crippen molar-refractivity contribution in [2.75, 3.05) is 36.0 Å². The normalized spacial score (nSPS) is 16.4. The van der Waals surface area contributed by atoms with Crippen molar-refractivity contribution in [2.24, 2.45) is 0 Å². The van der Waals surface area contributed by atoms with Crippen molar-refractivity contribution >= 4 is 11.4 Å². The summed E-state index contributed by atoms with van der Waals surface area (Å²) < 4.78 is 35.2. The van der Waals surface area contributed by atoms with Gasteiger partial charge in [0.2, 0.25) is 0 Å². The molecule has 0 radical (unpaired) electrons. The van der Waals surface area contributed by atoms with E-state index < -0.39 is 11.6 Å². The van der Waals surface area contributed by atoms with Crippen molar-refractivity contribution in [3.8, 4) is 17.0 Å². The van der Waals surface area contributed by atoms with E-state index in [1.54, 1.807) is 12.3 Å². The van der Waals surface area contributed by atoms with Gasteiger partial charge in [-0.15, -0.1) is 0 Å². The first-order chi connectivity index (χ1) is 16.9. The number of fused-ring (bicyclic) bond motifs is 1. The van der Waals surface area contributed by atoms with E-state index in [1.807, 2.05) is 30.9 Å². The van der Waals surface area contributed by atoms with E-state index >= 15 is 0 Å². The summed E-state index contributed by atoms with van der Waals surface area (Å²) in [6, 6.07) is 7.03. The van der Waals surface area contributed by atoms with E-state index in [9.17, 15) is 13.9 Å². The van der Waals surface area contributed by atoms with Crippen molar-refractivity contribution in [2.45, 2.75) is 45.3 Å². The maximum absolute atomic E-state index is 14.9. The minimum atomic E-state index is -0.614. The Hall–Kier alpha value is -3.33. The average molecular weight is 482 g/mol. The zero-order valence-electron chi connectivity index (χ0n) is 19.9. The second-order valence-electron chi connectivity index (χ2n) is 9.33. The van der Waals surface area contributed by atoms with E-state index in [0.29, 0.717) is 36.6 Å². The standard InChI is InChI=1S/C26H29F2N5O2/c1-16(2)33-9-10-35-26-21(27)11-17(12-23(26)33)25-22(28)15-30-24(31-25)13-18-3-4-19(14-29-18)32-7-5-20(34)6-8-32/h3-4,11-12,14-16,20,34H,5-10,13H2,1-2H3. The molecule has 0 unspecified atom stereocenters. The maximum Gasteiger partial charge on any atom is 0.178 e. The molecule has 0 amide bonds. The monoisotopic (exact) mass is 481 g/mol. The molecule has 0 spiro atoms. The van der Waals surface area contributed by atoms with Crippen LogP contribution in [-0.4, -0.2) is 58.4 Å². The van der Waals surface area contributed by atoms with Gasteiger partial charge in [0.05, 0.1) is 42.8 Å². The average Bonchev–Trinajstić information content (AvgIpc) is 2.86. The topological polar surface area (TPSA) is 74.6 Å². The first-order valence-corrected chi connectivity index (χ1v) is 12.0. The highest BCUT2D eigenvalue weighted by Crippen LogP contribution is 2.39. The molecule has 0 aliphatic carbocycles. The molecule has 5 rings (SSSR count). The largest absolute Gasteiger partial charge is 0.486 e. The lowest BCUT2D eigenvalue weighted by molar-refractivity contribution is 0.145. The SMILES string of the molecule is CC(C)N1CCOc2c(F)cc(-c3nc(Cc4ccc(N5CCC(O)CC5)cn4)ncc3F)cc21. The number of pyridine rings is 1. The Bertz CT molecular complexity index is 1200. The highest BCUT2D eigenvalue weighted by atomic mass is 19.1. The van der Waals surface area contributed by atoms with Crippen molar-refractivity contribution in [3.05, 3.63) is 59.8 Å². The molecule has 184 valence electrons. The number of piperidine rings is 1. The third-order valence-corrected chi connectivity index (χ3v) is 6.58. The minimum absolute atomic E-state index is 0.0504. The molecule has 7 nitrogen and oxygen atoms in total. The Kier molecular flexibility index (Phi) is 6.51. The lowest BCUT2D eigenvalue weighted by Crippen LogP contribution is -2.38. The Morgan fingerprint density at radius 2 is 1.86 bits per heavy atom. The van der Waals surface area contributed by atoms with E-state index in [0.717, 1.165) is 43.5 Å². The summed E-state index contributed by atoms with van der Waals surface area (Å²) in [4.78, 5) is 17.3. The number of aliphatic hydroxyl groups is 1. The van der Waals surface area contributed by atoms with Gasteiger partial charge < -0.3 is 19.6 Å². The third kappa shape index (κ3) is 4.91. The smallest absolute Gasteiger partial charge is 0.178 e. The second-order valence-corrected chi connectivity index (χ2v) is 9.33. The van der Waals surface area contributed by atoms with Crippen LogP contribution in [0.2, 0.25) is 0 Å².